The second-order valence-electron chi connectivity index (χ2n) is 9.92. The second-order valence-corrected chi connectivity index (χ2v) is 10.3. The van der Waals surface area contributed by atoms with Crippen LogP contribution in [0.3, 0.4) is 0 Å². The van der Waals surface area contributed by atoms with Gasteiger partial charge in [0.25, 0.3) is 0 Å². The summed E-state index contributed by atoms with van der Waals surface area (Å²) in [5.74, 6) is -0.0574. The van der Waals surface area contributed by atoms with Gasteiger partial charge >= 0.3 is 0 Å². The Morgan fingerprint density at radius 1 is 1.14 bits per heavy atom. The number of carbonyl (C=O) groups is 1. The second kappa shape index (κ2) is 9.82. The lowest BCUT2D eigenvalue weighted by Crippen LogP contribution is -2.31. The number of hydrogen-bond acceptors (Lipinski definition) is 3. The predicted molar refractivity (Wildman–Crippen MR) is 145 cm³/mol. The molecule has 0 spiro atoms. The molecule has 2 atom stereocenters. The number of pyridine rings is 1. The highest BCUT2D eigenvalue weighted by Crippen LogP contribution is 2.44. The van der Waals surface area contributed by atoms with Crippen LogP contribution in [-0.4, -0.2) is 20.6 Å². The van der Waals surface area contributed by atoms with Crippen LogP contribution in [0.5, 0.6) is 0 Å². The molecule has 0 unspecified atom stereocenters. The van der Waals surface area contributed by atoms with Crippen molar-refractivity contribution >= 4 is 34.6 Å². The average molecular weight is 488 g/mol. The van der Waals surface area contributed by atoms with Crippen molar-refractivity contribution in [2.24, 2.45) is 5.92 Å². The summed E-state index contributed by atoms with van der Waals surface area (Å²) in [5.41, 5.74) is 5.06. The smallest absolute Gasteiger partial charge is 0.226 e. The molecule has 35 heavy (non-hydrogen) atoms. The number of aromatic nitrogens is 2. The molecule has 2 N–H and O–H groups in total. The van der Waals surface area contributed by atoms with E-state index in [1.807, 2.05) is 51.2 Å². The van der Waals surface area contributed by atoms with E-state index in [0.29, 0.717) is 11.2 Å². The molecule has 1 saturated heterocycles. The Labute approximate surface area is 212 Å². The minimum absolute atomic E-state index is 0.0155. The van der Waals surface area contributed by atoms with E-state index >= 15 is 0 Å². The molecule has 0 bridgehead atoms. The SMILES string of the molecule is Cc1cc(N2C(=S)N[C@@H](c3ccccn3)[C@H]2c2cccn2C2CCCC2)ccc1NC(=O)C(C)C. The van der Waals surface area contributed by atoms with Gasteiger partial charge < -0.3 is 20.1 Å². The molecule has 2 aromatic heterocycles. The molecule has 1 saturated carbocycles. The van der Waals surface area contributed by atoms with Crippen LogP contribution >= 0.6 is 12.2 Å². The lowest BCUT2D eigenvalue weighted by molar-refractivity contribution is -0.118. The zero-order chi connectivity index (χ0) is 24.5. The van der Waals surface area contributed by atoms with Crippen molar-refractivity contribution in [2.75, 3.05) is 10.2 Å². The van der Waals surface area contributed by atoms with Crippen molar-refractivity contribution < 1.29 is 4.79 Å². The third kappa shape index (κ3) is 4.57. The van der Waals surface area contributed by atoms with Crippen LogP contribution < -0.4 is 15.5 Å². The van der Waals surface area contributed by atoms with Crippen LogP contribution in [0.2, 0.25) is 0 Å². The summed E-state index contributed by atoms with van der Waals surface area (Å²) < 4.78 is 2.46. The summed E-state index contributed by atoms with van der Waals surface area (Å²) in [6.07, 6.45) is 9.04. The molecular formula is C28H33N5OS. The van der Waals surface area contributed by atoms with Crippen LogP contribution in [0.1, 0.15) is 74.6 Å². The fourth-order valence-electron chi connectivity index (χ4n) is 5.32. The van der Waals surface area contributed by atoms with Gasteiger partial charge in [0, 0.05) is 41.4 Å². The standard InChI is InChI=1S/C28H33N5OS/c1-18(2)27(34)30-22-14-13-21(17-19(22)3)33-26(24-12-8-16-32(24)20-9-4-5-10-20)25(31-28(33)35)23-11-6-7-15-29-23/h6-8,11-18,20,25-26H,4-5,9-10H2,1-3H3,(H,30,34)(H,31,35)/t25-,26+/m0/s1. The van der Waals surface area contributed by atoms with Gasteiger partial charge in [-0.25, -0.2) is 0 Å². The molecule has 5 rings (SSSR count). The van der Waals surface area contributed by atoms with E-state index in [-0.39, 0.29) is 23.9 Å². The zero-order valence-electron chi connectivity index (χ0n) is 20.6. The average Bonchev–Trinajstić information content (AvgIpc) is 3.60. The van der Waals surface area contributed by atoms with Gasteiger partial charge in [0.2, 0.25) is 5.91 Å². The number of nitrogens with one attached hydrogen (secondary N) is 2. The first-order valence-corrected chi connectivity index (χ1v) is 12.9. The number of rotatable bonds is 6. The molecule has 1 aliphatic heterocycles. The molecule has 3 aromatic rings. The Bertz CT molecular complexity index is 1220. The number of thiocarbonyl (C=S) groups is 1. The zero-order valence-corrected chi connectivity index (χ0v) is 21.4. The highest BCUT2D eigenvalue weighted by molar-refractivity contribution is 7.80. The third-order valence-corrected chi connectivity index (χ3v) is 7.52. The molecule has 2 fully saturated rings. The van der Waals surface area contributed by atoms with Gasteiger partial charge in [-0.3, -0.25) is 9.78 Å². The highest BCUT2D eigenvalue weighted by atomic mass is 32.1. The highest BCUT2D eigenvalue weighted by Gasteiger charge is 2.42. The summed E-state index contributed by atoms with van der Waals surface area (Å²) in [4.78, 5) is 19.2. The van der Waals surface area contributed by atoms with Crippen molar-refractivity contribution in [3.63, 3.8) is 0 Å². The summed E-state index contributed by atoms with van der Waals surface area (Å²) in [6, 6.07) is 17.0. The van der Waals surface area contributed by atoms with Crippen LogP contribution in [0.4, 0.5) is 11.4 Å². The van der Waals surface area contributed by atoms with E-state index in [0.717, 1.165) is 22.6 Å². The van der Waals surface area contributed by atoms with Crippen molar-refractivity contribution in [3.8, 4) is 0 Å². The molecule has 2 aliphatic rings. The van der Waals surface area contributed by atoms with Gasteiger partial charge in [0.05, 0.1) is 11.7 Å². The van der Waals surface area contributed by atoms with E-state index in [1.54, 1.807) is 0 Å². The van der Waals surface area contributed by atoms with Crippen LogP contribution in [0, 0.1) is 12.8 Å². The van der Waals surface area contributed by atoms with Crippen molar-refractivity contribution in [3.05, 3.63) is 77.9 Å². The van der Waals surface area contributed by atoms with Gasteiger partial charge in [0.15, 0.2) is 5.11 Å². The topological polar surface area (TPSA) is 62.2 Å². The van der Waals surface area contributed by atoms with Crippen molar-refractivity contribution in [2.45, 2.75) is 64.6 Å². The number of benzene rings is 1. The minimum Gasteiger partial charge on any atom is -0.351 e. The number of aryl methyl sites for hydroxylation is 1. The first-order chi connectivity index (χ1) is 16.9. The van der Waals surface area contributed by atoms with Crippen LogP contribution in [0.25, 0.3) is 0 Å². The van der Waals surface area contributed by atoms with Crippen LogP contribution in [0.15, 0.2) is 60.9 Å². The summed E-state index contributed by atoms with van der Waals surface area (Å²) in [7, 11) is 0. The minimum atomic E-state index is -0.0729. The van der Waals surface area contributed by atoms with E-state index in [4.69, 9.17) is 12.2 Å². The molecule has 0 radical (unpaired) electrons. The molecule has 7 heteroatoms. The largest absolute Gasteiger partial charge is 0.351 e. The van der Waals surface area contributed by atoms with Crippen LogP contribution in [-0.2, 0) is 4.79 Å². The Morgan fingerprint density at radius 2 is 1.94 bits per heavy atom. The Hall–Kier alpha value is -3.19. The quantitative estimate of drug-likeness (QED) is 0.413. The fraction of sp³-hybridized carbons (Fsp3) is 0.393. The number of carbonyl (C=O) groups excluding carboxylic acids is 1. The van der Waals surface area contributed by atoms with Crippen molar-refractivity contribution in [1.82, 2.24) is 14.9 Å². The molecule has 1 amide bonds. The third-order valence-electron chi connectivity index (χ3n) is 7.20. The molecule has 1 aliphatic carbocycles. The van der Waals surface area contributed by atoms with E-state index in [1.165, 1.54) is 31.4 Å². The number of amides is 1. The summed E-state index contributed by atoms with van der Waals surface area (Å²) in [5, 5.41) is 7.29. The van der Waals surface area contributed by atoms with Gasteiger partial charge in [-0.05, 0) is 80.0 Å². The Morgan fingerprint density at radius 3 is 2.63 bits per heavy atom. The maximum absolute atomic E-state index is 12.3. The molecule has 1 aromatic carbocycles. The fourth-order valence-corrected chi connectivity index (χ4v) is 5.67. The van der Waals surface area contributed by atoms with Crippen molar-refractivity contribution in [1.29, 1.82) is 0 Å². The summed E-state index contributed by atoms with van der Waals surface area (Å²) >= 11 is 5.92. The lowest BCUT2D eigenvalue weighted by Gasteiger charge is -2.30. The monoisotopic (exact) mass is 487 g/mol. The lowest BCUT2D eigenvalue weighted by atomic mass is 10.00. The molecule has 182 valence electrons. The molecule has 3 heterocycles. The van der Waals surface area contributed by atoms with E-state index in [9.17, 15) is 4.79 Å². The normalized spacial score (nSPS) is 20.5. The van der Waals surface area contributed by atoms with Gasteiger partial charge in [-0.1, -0.05) is 32.8 Å². The van der Waals surface area contributed by atoms with Gasteiger partial charge in [-0.15, -0.1) is 0 Å². The van der Waals surface area contributed by atoms with Gasteiger partial charge in [0.1, 0.15) is 6.04 Å². The maximum atomic E-state index is 12.3. The number of nitrogens with zero attached hydrogens (tertiary/aromatic N) is 3. The Kier molecular flexibility index (Phi) is 6.60. The maximum Gasteiger partial charge on any atom is 0.226 e. The molecule has 6 nitrogen and oxygen atoms in total. The Balaban J connectivity index is 1.56. The first kappa shape index (κ1) is 23.5. The first-order valence-electron chi connectivity index (χ1n) is 12.5. The number of anilines is 2. The van der Waals surface area contributed by atoms with E-state index in [2.05, 4.69) is 55.5 Å². The number of hydrogen-bond donors (Lipinski definition) is 2. The summed E-state index contributed by atoms with van der Waals surface area (Å²) in [6.45, 7) is 5.82. The van der Waals surface area contributed by atoms with E-state index < -0.39 is 0 Å². The predicted octanol–water partition coefficient (Wildman–Crippen LogP) is 6.08. The van der Waals surface area contributed by atoms with Gasteiger partial charge in [-0.2, -0.15) is 0 Å². The molecular weight excluding hydrogens is 454 g/mol.